The SMILES string of the molecule is CC(C)CCC[C@@H](C)[C@H]1CC[C@H]2[C@@H]3C(C[S+](C)[O-])C=C4C=CCC[C@]4(C)[C@H]3CC[C@]12C. The van der Waals surface area contributed by atoms with Crippen molar-refractivity contribution in [1.82, 2.24) is 0 Å². The van der Waals surface area contributed by atoms with E-state index in [9.17, 15) is 4.55 Å². The topological polar surface area (TPSA) is 23.1 Å². The van der Waals surface area contributed by atoms with Crippen LogP contribution >= 0.6 is 0 Å². The third-order valence-electron chi connectivity index (χ3n) is 10.5. The molecule has 0 spiro atoms. The van der Waals surface area contributed by atoms with Crippen molar-refractivity contribution in [3.63, 3.8) is 0 Å². The van der Waals surface area contributed by atoms with Gasteiger partial charge in [0.2, 0.25) is 0 Å². The van der Waals surface area contributed by atoms with Crippen molar-refractivity contribution in [2.45, 2.75) is 92.4 Å². The van der Waals surface area contributed by atoms with Crippen LogP contribution in [-0.4, -0.2) is 16.6 Å². The minimum Gasteiger partial charge on any atom is -0.617 e. The summed E-state index contributed by atoms with van der Waals surface area (Å²) in [5.41, 5.74) is 2.43. The van der Waals surface area contributed by atoms with E-state index in [-0.39, 0.29) is 0 Å². The van der Waals surface area contributed by atoms with Crippen LogP contribution in [0.15, 0.2) is 23.8 Å². The van der Waals surface area contributed by atoms with Crippen LogP contribution in [0.2, 0.25) is 0 Å². The van der Waals surface area contributed by atoms with E-state index in [0.717, 1.165) is 41.3 Å². The number of fused-ring (bicyclic) bond motifs is 5. The second-order valence-corrected chi connectivity index (χ2v) is 14.2. The van der Waals surface area contributed by atoms with Crippen LogP contribution in [0.5, 0.6) is 0 Å². The third-order valence-corrected chi connectivity index (χ3v) is 11.3. The van der Waals surface area contributed by atoms with Crippen LogP contribution in [-0.2, 0) is 11.2 Å². The lowest BCUT2D eigenvalue weighted by Gasteiger charge is -2.59. The van der Waals surface area contributed by atoms with Crippen molar-refractivity contribution in [3.8, 4) is 0 Å². The Labute approximate surface area is 196 Å². The maximum atomic E-state index is 12.4. The molecule has 0 saturated heterocycles. The molecular weight excluding hydrogens is 396 g/mol. The minimum atomic E-state index is -0.720. The predicted molar refractivity (Wildman–Crippen MR) is 135 cm³/mol. The van der Waals surface area contributed by atoms with Crippen LogP contribution in [0.4, 0.5) is 0 Å². The Hall–Kier alpha value is -0.210. The summed E-state index contributed by atoms with van der Waals surface area (Å²) in [5.74, 6) is 6.33. The molecule has 0 aliphatic heterocycles. The first-order chi connectivity index (χ1) is 14.7. The van der Waals surface area contributed by atoms with Gasteiger partial charge in [0.25, 0.3) is 0 Å². The zero-order valence-electron chi connectivity index (χ0n) is 21.2. The van der Waals surface area contributed by atoms with E-state index in [1.54, 1.807) is 5.57 Å². The van der Waals surface area contributed by atoms with Crippen molar-refractivity contribution in [3.05, 3.63) is 23.8 Å². The second kappa shape index (κ2) is 9.21. The maximum absolute atomic E-state index is 12.4. The molecule has 4 rings (SSSR count). The normalized spacial score (nSPS) is 43.7. The summed E-state index contributed by atoms with van der Waals surface area (Å²) in [7, 11) is 0. The van der Waals surface area contributed by atoms with Crippen LogP contribution in [0.3, 0.4) is 0 Å². The zero-order valence-corrected chi connectivity index (χ0v) is 22.0. The quantitative estimate of drug-likeness (QED) is 0.367. The average molecular weight is 445 g/mol. The summed E-state index contributed by atoms with van der Waals surface area (Å²) in [6, 6.07) is 0. The molecule has 0 radical (unpaired) electrons. The van der Waals surface area contributed by atoms with Crippen molar-refractivity contribution >= 4 is 11.2 Å². The molecular formula is C29H48OS. The lowest BCUT2D eigenvalue weighted by Crippen LogP contribution is -2.53. The molecule has 176 valence electrons. The van der Waals surface area contributed by atoms with E-state index in [4.69, 9.17) is 0 Å². The average Bonchev–Trinajstić information content (AvgIpc) is 3.04. The lowest BCUT2D eigenvalue weighted by atomic mass is 9.46. The fraction of sp³-hybridized carbons (Fsp3) is 0.862. The third kappa shape index (κ3) is 4.34. The Balaban J connectivity index is 1.60. The summed E-state index contributed by atoms with van der Waals surface area (Å²) in [6.07, 6.45) is 21.7. The number of allylic oxidation sites excluding steroid dienone is 4. The molecule has 0 aromatic heterocycles. The first-order valence-electron chi connectivity index (χ1n) is 13.4. The van der Waals surface area contributed by atoms with Gasteiger partial charge in [-0.1, -0.05) is 83.3 Å². The molecule has 31 heavy (non-hydrogen) atoms. The van der Waals surface area contributed by atoms with Gasteiger partial charge in [0.1, 0.15) is 5.75 Å². The Bertz CT molecular complexity index is 693. The van der Waals surface area contributed by atoms with Crippen LogP contribution in [0.25, 0.3) is 0 Å². The molecule has 0 aromatic rings. The first kappa shape index (κ1) is 23.9. The lowest BCUT2D eigenvalue weighted by molar-refractivity contribution is -0.0613. The molecule has 0 heterocycles. The molecule has 4 aliphatic carbocycles. The largest absolute Gasteiger partial charge is 0.617 e. The highest BCUT2D eigenvalue weighted by Gasteiger charge is 2.60. The van der Waals surface area contributed by atoms with Crippen molar-refractivity contribution in [2.75, 3.05) is 12.0 Å². The number of hydrogen-bond donors (Lipinski definition) is 0. The van der Waals surface area contributed by atoms with Gasteiger partial charge < -0.3 is 4.55 Å². The molecule has 1 nitrogen and oxygen atoms in total. The van der Waals surface area contributed by atoms with E-state index in [2.05, 4.69) is 52.8 Å². The van der Waals surface area contributed by atoms with Crippen LogP contribution in [0.1, 0.15) is 92.4 Å². The monoisotopic (exact) mass is 444 g/mol. The summed E-state index contributed by atoms with van der Waals surface area (Å²) < 4.78 is 12.4. The highest BCUT2D eigenvalue weighted by Crippen LogP contribution is 2.68. The van der Waals surface area contributed by atoms with E-state index < -0.39 is 11.2 Å². The molecule has 0 amide bonds. The van der Waals surface area contributed by atoms with Gasteiger partial charge in [0.05, 0.1) is 6.26 Å². The first-order valence-corrected chi connectivity index (χ1v) is 15.1. The van der Waals surface area contributed by atoms with Gasteiger partial charge in [-0.25, -0.2) is 0 Å². The molecule has 2 unspecified atom stereocenters. The Morgan fingerprint density at radius 3 is 2.55 bits per heavy atom. The summed E-state index contributed by atoms with van der Waals surface area (Å²) in [5, 5.41) is 0. The molecule has 0 N–H and O–H groups in total. The molecule has 4 aliphatic rings. The summed E-state index contributed by atoms with van der Waals surface area (Å²) in [6.45, 7) is 12.5. The molecule has 0 bridgehead atoms. The standard InChI is InChI=1S/C29H48OS/c1-20(2)10-9-11-21(3)24-13-14-25-27-22(19-31(6)30)18-23-12-7-8-16-28(23,4)26(27)15-17-29(24,25)5/h7,12,18,20-22,24-27H,8-11,13-17,19H2,1-6H3/t21-,22?,24-,25+,26+,27+,28+,29-,31?/m1/s1. The van der Waals surface area contributed by atoms with Gasteiger partial charge >= 0.3 is 0 Å². The molecule has 0 aromatic carbocycles. The summed E-state index contributed by atoms with van der Waals surface area (Å²) in [4.78, 5) is 0. The predicted octanol–water partition coefficient (Wildman–Crippen LogP) is 7.80. The van der Waals surface area contributed by atoms with Gasteiger partial charge in [0, 0.05) is 5.92 Å². The zero-order chi connectivity index (χ0) is 22.4. The van der Waals surface area contributed by atoms with Crippen molar-refractivity contribution in [2.24, 2.45) is 52.3 Å². The van der Waals surface area contributed by atoms with E-state index in [1.165, 1.54) is 57.8 Å². The fourth-order valence-corrected chi connectivity index (χ4v) is 9.77. The second-order valence-electron chi connectivity index (χ2n) is 12.7. The van der Waals surface area contributed by atoms with E-state index in [1.807, 2.05) is 6.26 Å². The maximum Gasteiger partial charge on any atom is 0.111 e. The molecule has 2 fully saturated rings. The van der Waals surface area contributed by atoms with Crippen LogP contribution in [0, 0.1) is 52.3 Å². The smallest absolute Gasteiger partial charge is 0.111 e. The van der Waals surface area contributed by atoms with E-state index in [0.29, 0.717) is 16.7 Å². The highest BCUT2D eigenvalue weighted by atomic mass is 32.2. The highest BCUT2D eigenvalue weighted by molar-refractivity contribution is 7.90. The van der Waals surface area contributed by atoms with Gasteiger partial charge in [-0.2, -0.15) is 0 Å². The van der Waals surface area contributed by atoms with Crippen molar-refractivity contribution in [1.29, 1.82) is 0 Å². The van der Waals surface area contributed by atoms with Crippen LogP contribution < -0.4 is 0 Å². The van der Waals surface area contributed by atoms with Gasteiger partial charge in [-0.05, 0) is 90.4 Å². The Morgan fingerprint density at radius 2 is 1.84 bits per heavy atom. The van der Waals surface area contributed by atoms with Gasteiger partial charge in [0.15, 0.2) is 0 Å². The number of hydrogen-bond acceptors (Lipinski definition) is 1. The van der Waals surface area contributed by atoms with Crippen molar-refractivity contribution < 1.29 is 4.55 Å². The van der Waals surface area contributed by atoms with E-state index >= 15 is 0 Å². The van der Waals surface area contributed by atoms with Gasteiger partial charge in [-0.3, -0.25) is 0 Å². The number of rotatable bonds is 7. The summed E-state index contributed by atoms with van der Waals surface area (Å²) >= 11 is -0.720. The Kier molecular flexibility index (Phi) is 7.11. The minimum absolute atomic E-state index is 0.355. The Morgan fingerprint density at radius 1 is 1.06 bits per heavy atom. The molecule has 9 atom stereocenters. The molecule has 2 heteroatoms. The fourth-order valence-electron chi connectivity index (χ4n) is 8.91. The van der Waals surface area contributed by atoms with Gasteiger partial charge in [-0.15, -0.1) is 0 Å². The molecule has 2 saturated carbocycles.